The number of benzene rings is 2. The van der Waals surface area contributed by atoms with E-state index in [1.54, 1.807) is 80.9 Å². The van der Waals surface area contributed by atoms with E-state index >= 15 is 0 Å². The van der Waals surface area contributed by atoms with E-state index in [-0.39, 0.29) is 36.5 Å². The van der Waals surface area contributed by atoms with E-state index in [4.69, 9.17) is 17.3 Å². The van der Waals surface area contributed by atoms with Crippen LogP contribution in [-0.2, 0) is 38.4 Å². The van der Waals surface area contributed by atoms with Gasteiger partial charge >= 0.3 is 0 Å². The Balaban J connectivity index is 1.11. The highest BCUT2D eigenvalue weighted by molar-refractivity contribution is 8.00. The number of nitrogens with two attached hydrogens (primary N) is 1. The number of fused-ring (bicyclic) bond motifs is 4. The number of thiazole rings is 1. The molecule has 6 heterocycles. The number of hydrogen-bond acceptors (Lipinski definition) is 15. The van der Waals surface area contributed by atoms with Gasteiger partial charge in [-0.05, 0) is 73.1 Å². The number of nitrogens with one attached hydrogen (secondary N) is 6. The number of carbonyl (C=O) groups is 8. The predicted molar refractivity (Wildman–Crippen MR) is 292 cm³/mol. The first-order chi connectivity index (χ1) is 36.5. The molecule has 2 saturated heterocycles. The number of aromatic nitrogens is 4. The van der Waals surface area contributed by atoms with Crippen LogP contribution in [0.4, 0.5) is 0 Å². The van der Waals surface area contributed by atoms with E-state index < -0.39 is 102 Å². The van der Waals surface area contributed by atoms with Crippen molar-refractivity contribution in [3.63, 3.8) is 0 Å². The highest BCUT2D eigenvalue weighted by Crippen LogP contribution is 2.44. The van der Waals surface area contributed by atoms with Gasteiger partial charge in [-0.1, -0.05) is 74.8 Å². The van der Waals surface area contributed by atoms with Crippen LogP contribution in [0, 0.1) is 33.1 Å². The highest BCUT2D eigenvalue weighted by atomic mass is 35.5. The maximum absolute atomic E-state index is 14.4. The van der Waals surface area contributed by atoms with Gasteiger partial charge in [0.15, 0.2) is 6.17 Å². The first-order valence-electron chi connectivity index (χ1n) is 24.6. The summed E-state index contributed by atoms with van der Waals surface area (Å²) in [5.74, 6) is -7.05. The Morgan fingerprint density at radius 3 is 2.25 bits per heavy atom. The molecular weight excluding hydrogens is 1070 g/mol. The first kappa shape index (κ1) is 56.2. The molecule has 0 spiro atoms. The molecule has 21 nitrogen and oxygen atoms in total. The van der Waals surface area contributed by atoms with E-state index in [9.17, 15) is 43.5 Å². The Morgan fingerprint density at radius 2 is 1.58 bits per heavy atom. The minimum atomic E-state index is -1.87. The second-order valence-corrected chi connectivity index (χ2v) is 23.7. The second kappa shape index (κ2) is 23.3. The number of primary amides is 1. The van der Waals surface area contributed by atoms with Crippen LogP contribution in [0.1, 0.15) is 90.0 Å². The number of hydrogen-bond donors (Lipinski definition) is 8. The molecule has 25 heteroatoms. The summed E-state index contributed by atoms with van der Waals surface area (Å²) in [7, 11) is 0. The Hall–Kier alpha value is -6.99. The molecule has 0 unspecified atom stereocenters. The molecule has 406 valence electrons. The second-order valence-electron chi connectivity index (χ2n) is 20.2. The van der Waals surface area contributed by atoms with E-state index in [1.165, 1.54) is 16.2 Å². The normalized spacial score (nSPS) is 23.1. The topological polar surface area (TPSA) is 302 Å². The molecule has 8 amide bonds. The number of carbonyl (C=O) groups excluding carboxylic acids is 8. The Bertz CT molecular complexity index is 3170. The SMILES string of the molecule is Cc1ncsc1-c1ccc([C@H]2NC(=O)[C@@H]3C[C@@H](O)CN3C(=O)[C@H](C(C)(C)C)NC(=O)CSC[C@H](C(N)=O)NC(=O)[C@H](NC(=O)C[C@@H]3C=C(c4ccc(Cl)cc4)c4c(sc(C)c4C)-n4c(C)nnc43)NC(=O)CNC2=O)cc1. The number of aliphatic hydroxyl groups is 1. The van der Waals surface area contributed by atoms with Crippen LogP contribution < -0.4 is 37.6 Å². The summed E-state index contributed by atoms with van der Waals surface area (Å²) in [6, 6.07) is 8.60. The summed E-state index contributed by atoms with van der Waals surface area (Å²) < 4.78 is 1.90. The minimum Gasteiger partial charge on any atom is -0.391 e. The third kappa shape index (κ3) is 12.6. The fourth-order valence-corrected chi connectivity index (χ4v) is 12.4. The lowest BCUT2D eigenvalue weighted by Crippen LogP contribution is -2.61. The number of rotatable bonds is 7. The molecule has 2 fully saturated rings. The van der Waals surface area contributed by atoms with Crippen molar-refractivity contribution in [2.24, 2.45) is 11.1 Å². The minimum absolute atomic E-state index is 0.184. The molecule has 7 atom stereocenters. The smallest absolute Gasteiger partial charge is 0.264 e. The maximum Gasteiger partial charge on any atom is 0.264 e. The number of thioether (sulfide) groups is 1. The lowest BCUT2D eigenvalue weighted by Gasteiger charge is -2.35. The lowest BCUT2D eigenvalue weighted by atomic mass is 9.85. The molecule has 3 aromatic heterocycles. The Morgan fingerprint density at radius 1 is 0.883 bits per heavy atom. The summed E-state index contributed by atoms with van der Waals surface area (Å²) in [5.41, 5.74) is 12.0. The van der Waals surface area contributed by atoms with E-state index in [0.717, 1.165) is 60.0 Å². The van der Waals surface area contributed by atoms with Gasteiger partial charge in [0.2, 0.25) is 41.4 Å². The summed E-state index contributed by atoms with van der Waals surface area (Å²) in [5, 5.41) is 36.7. The summed E-state index contributed by atoms with van der Waals surface area (Å²) >= 11 is 10.2. The van der Waals surface area contributed by atoms with Crippen molar-refractivity contribution in [1.29, 1.82) is 0 Å². The molecule has 2 aromatic carbocycles. The van der Waals surface area contributed by atoms with Gasteiger partial charge in [0.05, 0.1) is 34.5 Å². The van der Waals surface area contributed by atoms with Crippen LogP contribution in [0.25, 0.3) is 21.0 Å². The van der Waals surface area contributed by atoms with Gasteiger partial charge in [0.25, 0.3) is 5.91 Å². The standard InChI is InChI=1S/C52H59ClN12O9S3/c1-24-26(3)77-51-40(24)34(28-12-14-32(53)15-13-28)16-31(46-63-62-27(4)65(46)51)17-37(67)59-45-49(73)57-35(44(54)70)21-75-22-39(69)58-43(52(5,6)7)50(74)64-20-33(66)18-36(64)47(71)61-41(48(72)55-19-38(68)60-45)29-8-10-30(11-9-29)42-25(2)56-23-76-42/h8-16,23,31,33,35-36,41,43,45,66H,17-22H2,1-7H3,(H2,54,70)(H,55,72)(H,57,73)(H,58,69)(H,59,67)(H,60,68)(H,61,71)/t31-,33+,35+,36-,41+,43+,45+/m0/s1. The first-order valence-corrected chi connectivity index (χ1v) is 27.8. The zero-order valence-electron chi connectivity index (χ0n) is 43.2. The monoisotopic (exact) mass is 1130 g/mol. The van der Waals surface area contributed by atoms with Crippen LogP contribution in [-0.4, -0.2) is 132 Å². The van der Waals surface area contributed by atoms with Crippen molar-refractivity contribution in [2.75, 3.05) is 24.6 Å². The fourth-order valence-electron chi connectivity index (χ4n) is 9.39. The highest BCUT2D eigenvalue weighted by Gasteiger charge is 2.45. The molecule has 77 heavy (non-hydrogen) atoms. The largest absolute Gasteiger partial charge is 0.391 e. The quantitative estimate of drug-likeness (QED) is 0.116. The Kier molecular flexibility index (Phi) is 17.0. The van der Waals surface area contributed by atoms with Crippen molar-refractivity contribution < 1.29 is 43.5 Å². The molecular formula is C52H59ClN12O9S3. The van der Waals surface area contributed by atoms with E-state index in [0.29, 0.717) is 16.7 Å². The molecule has 9 N–H and O–H groups in total. The number of aliphatic hydroxyl groups excluding tert-OH is 1. The third-order valence-electron chi connectivity index (χ3n) is 13.5. The van der Waals surface area contributed by atoms with Gasteiger partial charge in [-0.15, -0.1) is 44.6 Å². The zero-order chi connectivity index (χ0) is 55.6. The molecule has 3 aliphatic rings. The van der Waals surface area contributed by atoms with Gasteiger partial charge in [0, 0.05) is 46.5 Å². The number of halogens is 1. The van der Waals surface area contributed by atoms with Gasteiger partial charge in [-0.2, -0.15) is 0 Å². The van der Waals surface area contributed by atoms with Gasteiger partial charge in [-0.3, -0.25) is 42.9 Å². The van der Waals surface area contributed by atoms with Crippen molar-refractivity contribution in [3.05, 3.63) is 110 Å². The maximum atomic E-state index is 14.4. The molecule has 3 aliphatic heterocycles. The van der Waals surface area contributed by atoms with Crippen molar-refractivity contribution in [3.8, 4) is 15.4 Å². The number of allylic oxidation sites excluding steroid dienone is 1. The summed E-state index contributed by atoms with van der Waals surface area (Å²) in [6.45, 7) is 11.8. The third-order valence-corrected chi connectivity index (χ3v) is 17.0. The van der Waals surface area contributed by atoms with Crippen molar-refractivity contribution in [1.82, 2.24) is 56.5 Å². The average molecular weight is 1130 g/mol. The van der Waals surface area contributed by atoms with Gasteiger partial charge in [-0.25, -0.2) is 4.98 Å². The molecule has 0 bridgehead atoms. The predicted octanol–water partition coefficient (Wildman–Crippen LogP) is 3.00. The average Bonchev–Trinajstić information content (AvgIpc) is 4.24. The van der Waals surface area contributed by atoms with E-state index in [1.807, 2.05) is 43.5 Å². The summed E-state index contributed by atoms with van der Waals surface area (Å²) in [6.07, 6.45) is -1.59. The van der Waals surface area contributed by atoms with E-state index in [2.05, 4.69) is 47.1 Å². The van der Waals surface area contributed by atoms with Crippen LogP contribution in [0.15, 0.2) is 60.1 Å². The molecule has 5 aromatic rings. The lowest BCUT2D eigenvalue weighted by molar-refractivity contribution is -0.144. The number of thiophene rings is 1. The zero-order valence-corrected chi connectivity index (χ0v) is 46.4. The molecule has 0 radical (unpaired) electrons. The fraction of sp³-hybridized carbons (Fsp3) is 0.404. The van der Waals surface area contributed by atoms with Crippen molar-refractivity contribution >= 4 is 98.9 Å². The van der Waals surface area contributed by atoms with Crippen LogP contribution in [0.5, 0.6) is 0 Å². The van der Waals surface area contributed by atoms with Gasteiger partial charge in [0.1, 0.15) is 40.8 Å². The number of aryl methyl sites for hydroxylation is 3. The van der Waals surface area contributed by atoms with Crippen molar-refractivity contribution in [2.45, 2.75) is 104 Å². The molecule has 0 saturated carbocycles. The van der Waals surface area contributed by atoms with Crippen LogP contribution in [0.2, 0.25) is 5.02 Å². The Labute approximate surface area is 461 Å². The number of amides is 8. The number of nitrogens with zero attached hydrogens (tertiary/aromatic N) is 5. The van der Waals surface area contributed by atoms with Gasteiger partial charge < -0.3 is 47.6 Å². The molecule has 0 aliphatic carbocycles. The van der Waals surface area contributed by atoms with Crippen LogP contribution in [0.3, 0.4) is 0 Å². The van der Waals surface area contributed by atoms with Crippen LogP contribution >= 0.6 is 46.0 Å². The summed E-state index contributed by atoms with van der Waals surface area (Å²) in [4.78, 5) is 120. The molecule has 8 rings (SSSR count).